The highest BCUT2D eigenvalue weighted by Gasteiger charge is 2.11. The van der Waals surface area contributed by atoms with Gasteiger partial charge < -0.3 is 11.1 Å². The minimum atomic E-state index is 0.684. The number of aromatic nitrogens is 4. The summed E-state index contributed by atoms with van der Waals surface area (Å²) in [6.07, 6.45) is 4.47. The molecule has 0 aliphatic rings. The van der Waals surface area contributed by atoms with Crippen LogP contribution in [0, 0.1) is 0 Å². The molecule has 0 aromatic carbocycles. The Kier molecular flexibility index (Phi) is 2.80. The van der Waals surface area contributed by atoms with E-state index >= 15 is 0 Å². The highest BCUT2D eigenvalue weighted by molar-refractivity contribution is 5.65. The number of nitrogens with one attached hydrogen (secondary N) is 2. The molecule has 2 aromatic heterocycles. The predicted molar refractivity (Wildman–Crippen MR) is 62.9 cm³/mol. The number of nitrogens with zero attached hydrogens (tertiary/aromatic N) is 3. The van der Waals surface area contributed by atoms with Crippen LogP contribution in [0.3, 0.4) is 0 Å². The maximum atomic E-state index is 5.98. The fourth-order valence-electron chi connectivity index (χ4n) is 1.63. The Hall–Kier alpha value is -1.98. The standard InChI is InChI=1S/C10H16N6/c1-3-8-9(11)10(16(2)15-8)12-4-7-5-13-14-6-7/h5-6,12H,3-4,11H2,1-2H3,(H,13,14). The van der Waals surface area contributed by atoms with Gasteiger partial charge in [-0.15, -0.1) is 0 Å². The lowest BCUT2D eigenvalue weighted by atomic mass is 10.3. The van der Waals surface area contributed by atoms with E-state index in [4.69, 9.17) is 5.73 Å². The van der Waals surface area contributed by atoms with E-state index < -0.39 is 0 Å². The number of H-pyrrole nitrogens is 1. The summed E-state index contributed by atoms with van der Waals surface area (Å²) in [6.45, 7) is 2.72. The molecule has 2 heterocycles. The van der Waals surface area contributed by atoms with E-state index in [2.05, 4.69) is 20.6 Å². The fourth-order valence-corrected chi connectivity index (χ4v) is 1.63. The van der Waals surface area contributed by atoms with Crippen molar-refractivity contribution in [2.24, 2.45) is 7.05 Å². The number of nitrogens with two attached hydrogens (primary N) is 1. The maximum absolute atomic E-state index is 5.98. The van der Waals surface area contributed by atoms with Crippen molar-refractivity contribution in [3.05, 3.63) is 23.7 Å². The molecule has 0 fully saturated rings. The molecular weight excluding hydrogens is 204 g/mol. The van der Waals surface area contributed by atoms with Gasteiger partial charge in [0.05, 0.1) is 17.6 Å². The van der Waals surface area contributed by atoms with Gasteiger partial charge in [0.2, 0.25) is 0 Å². The number of hydrogen-bond donors (Lipinski definition) is 3. The lowest BCUT2D eigenvalue weighted by Gasteiger charge is -2.05. The molecule has 0 saturated carbocycles. The first kappa shape index (κ1) is 10.5. The molecule has 0 bridgehead atoms. The zero-order chi connectivity index (χ0) is 11.5. The second-order valence-electron chi connectivity index (χ2n) is 3.65. The Bertz CT molecular complexity index is 456. The number of nitrogen functional groups attached to an aromatic ring is 1. The van der Waals surface area contributed by atoms with Gasteiger partial charge in [-0.1, -0.05) is 6.92 Å². The molecule has 0 radical (unpaired) electrons. The Labute approximate surface area is 93.8 Å². The van der Waals surface area contributed by atoms with Crippen molar-refractivity contribution in [1.29, 1.82) is 0 Å². The molecule has 0 amide bonds. The van der Waals surface area contributed by atoms with E-state index in [1.54, 1.807) is 10.9 Å². The zero-order valence-corrected chi connectivity index (χ0v) is 9.49. The third kappa shape index (κ3) is 1.86. The van der Waals surface area contributed by atoms with E-state index in [1.807, 2.05) is 20.2 Å². The Morgan fingerprint density at radius 2 is 2.38 bits per heavy atom. The maximum Gasteiger partial charge on any atom is 0.148 e. The second-order valence-corrected chi connectivity index (χ2v) is 3.65. The van der Waals surface area contributed by atoms with Gasteiger partial charge in [-0.3, -0.25) is 9.78 Å². The first-order valence-corrected chi connectivity index (χ1v) is 5.25. The van der Waals surface area contributed by atoms with Gasteiger partial charge >= 0.3 is 0 Å². The molecule has 86 valence electrons. The molecule has 0 aliphatic heterocycles. The Balaban J connectivity index is 2.12. The molecule has 0 atom stereocenters. The van der Waals surface area contributed by atoms with Crippen LogP contribution in [0.2, 0.25) is 0 Å². The molecule has 0 aliphatic carbocycles. The minimum absolute atomic E-state index is 0.684. The van der Waals surface area contributed by atoms with Crippen molar-refractivity contribution >= 4 is 11.5 Å². The van der Waals surface area contributed by atoms with Gasteiger partial charge in [0.25, 0.3) is 0 Å². The van der Waals surface area contributed by atoms with Crippen LogP contribution in [0.15, 0.2) is 12.4 Å². The molecule has 0 unspecified atom stereocenters. The van der Waals surface area contributed by atoms with Crippen LogP contribution in [0.25, 0.3) is 0 Å². The summed E-state index contributed by atoms with van der Waals surface area (Å²) in [6, 6.07) is 0. The molecule has 16 heavy (non-hydrogen) atoms. The Morgan fingerprint density at radius 1 is 1.56 bits per heavy atom. The highest BCUT2D eigenvalue weighted by Crippen LogP contribution is 2.22. The first-order chi connectivity index (χ1) is 7.72. The monoisotopic (exact) mass is 220 g/mol. The van der Waals surface area contributed by atoms with Crippen LogP contribution in [-0.4, -0.2) is 20.0 Å². The van der Waals surface area contributed by atoms with Crippen molar-refractivity contribution in [2.75, 3.05) is 11.1 Å². The topological polar surface area (TPSA) is 84.5 Å². The highest BCUT2D eigenvalue weighted by atomic mass is 15.3. The van der Waals surface area contributed by atoms with Gasteiger partial charge in [0.1, 0.15) is 5.82 Å². The quantitative estimate of drug-likeness (QED) is 0.714. The van der Waals surface area contributed by atoms with Crippen molar-refractivity contribution in [3.63, 3.8) is 0 Å². The van der Waals surface area contributed by atoms with Gasteiger partial charge in [-0.25, -0.2) is 0 Å². The van der Waals surface area contributed by atoms with Crippen LogP contribution in [0.4, 0.5) is 11.5 Å². The average molecular weight is 220 g/mol. The smallest absolute Gasteiger partial charge is 0.148 e. The summed E-state index contributed by atoms with van der Waals surface area (Å²) in [5.41, 5.74) is 8.72. The van der Waals surface area contributed by atoms with Gasteiger partial charge in [0.15, 0.2) is 0 Å². The molecule has 0 saturated heterocycles. The minimum Gasteiger partial charge on any atom is -0.394 e. The predicted octanol–water partition coefficient (Wildman–Crippen LogP) is 0.900. The van der Waals surface area contributed by atoms with Crippen molar-refractivity contribution in [2.45, 2.75) is 19.9 Å². The zero-order valence-electron chi connectivity index (χ0n) is 9.49. The number of rotatable bonds is 4. The average Bonchev–Trinajstić information content (AvgIpc) is 2.86. The van der Waals surface area contributed by atoms with Crippen molar-refractivity contribution in [3.8, 4) is 0 Å². The lowest BCUT2D eigenvalue weighted by molar-refractivity contribution is 0.748. The summed E-state index contributed by atoms with van der Waals surface area (Å²) in [5, 5.41) is 14.2. The normalized spacial score (nSPS) is 10.6. The summed E-state index contributed by atoms with van der Waals surface area (Å²) in [4.78, 5) is 0. The third-order valence-corrected chi connectivity index (χ3v) is 2.51. The Morgan fingerprint density at radius 3 is 2.94 bits per heavy atom. The molecular formula is C10H16N6. The van der Waals surface area contributed by atoms with Crippen LogP contribution in [0.1, 0.15) is 18.2 Å². The van der Waals surface area contributed by atoms with Crippen LogP contribution in [0.5, 0.6) is 0 Å². The van der Waals surface area contributed by atoms with E-state index in [1.165, 1.54) is 0 Å². The molecule has 2 rings (SSSR count). The van der Waals surface area contributed by atoms with Gasteiger partial charge in [-0.2, -0.15) is 10.2 Å². The molecule has 6 heteroatoms. The van der Waals surface area contributed by atoms with Crippen LogP contribution in [-0.2, 0) is 20.0 Å². The summed E-state index contributed by atoms with van der Waals surface area (Å²) in [7, 11) is 1.88. The van der Waals surface area contributed by atoms with Crippen LogP contribution < -0.4 is 11.1 Å². The molecule has 0 spiro atoms. The van der Waals surface area contributed by atoms with Gasteiger partial charge in [-0.05, 0) is 6.42 Å². The SMILES string of the molecule is CCc1nn(C)c(NCc2cn[nH]c2)c1N. The summed E-state index contributed by atoms with van der Waals surface area (Å²) >= 11 is 0. The molecule has 6 nitrogen and oxygen atoms in total. The third-order valence-electron chi connectivity index (χ3n) is 2.51. The fraction of sp³-hybridized carbons (Fsp3) is 0.400. The van der Waals surface area contributed by atoms with Crippen LogP contribution >= 0.6 is 0 Å². The number of aromatic amines is 1. The lowest BCUT2D eigenvalue weighted by Crippen LogP contribution is -2.05. The van der Waals surface area contributed by atoms with E-state index in [-0.39, 0.29) is 0 Å². The largest absolute Gasteiger partial charge is 0.394 e. The molecule has 4 N–H and O–H groups in total. The summed E-state index contributed by atoms with van der Waals surface area (Å²) < 4.78 is 1.77. The van der Waals surface area contributed by atoms with E-state index in [0.29, 0.717) is 6.54 Å². The van der Waals surface area contributed by atoms with Crippen molar-refractivity contribution in [1.82, 2.24) is 20.0 Å². The van der Waals surface area contributed by atoms with Gasteiger partial charge in [0, 0.05) is 25.4 Å². The van der Waals surface area contributed by atoms with E-state index in [0.717, 1.165) is 29.2 Å². The number of hydrogen-bond acceptors (Lipinski definition) is 4. The van der Waals surface area contributed by atoms with E-state index in [9.17, 15) is 0 Å². The number of aryl methyl sites for hydroxylation is 2. The summed E-state index contributed by atoms with van der Waals surface area (Å²) in [5.74, 6) is 0.859. The molecule has 2 aromatic rings. The number of anilines is 2. The first-order valence-electron chi connectivity index (χ1n) is 5.25. The van der Waals surface area contributed by atoms with Crippen molar-refractivity contribution < 1.29 is 0 Å². The second kappa shape index (κ2) is 4.26.